The van der Waals surface area contributed by atoms with Gasteiger partial charge in [0.1, 0.15) is 12.4 Å². The van der Waals surface area contributed by atoms with Crippen LogP contribution in [0.3, 0.4) is 0 Å². The lowest BCUT2D eigenvalue weighted by Gasteiger charge is -2.24. The molecule has 1 heterocycles. The van der Waals surface area contributed by atoms with Crippen molar-refractivity contribution in [2.45, 2.75) is 31.8 Å². The number of piperidine rings is 1. The summed E-state index contributed by atoms with van der Waals surface area (Å²) in [7, 11) is 2.19. The van der Waals surface area contributed by atoms with Gasteiger partial charge >= 0.3 is 0 Å². The third-order valence-electron chi connectivity index (χ3n) is 5.15. The molecule has 124 valence electrons. The molecule has 23 heavy (non-hydrogen) atoms. The molecule has 1 N–H and O–H groups in total. The Bertz CT molecular complexity index is 572. The maximum absolute atomic E-state index is 11.6. The van der Waals surface area contributed by atoms with Crippen LogP contribution in [0.1, 0.15) is 24.8 Å². The Hall–Kier alpha value is -1.81. The molecule has 2 fully saturated rings. The van der Waals surface area contributed by atoms with E-state index in [0.29, 0.717) is 30.9 Å². The zero-order chi connectivity index (χ0) is 16.2. The van der Waals surface area contributed by atoms with E-state index in [-0.39, 0.29) is 5.91 Å². The second kappa shape index (κ2) is 7.18. The van der Waals surface area contributed by atoms with Crippen molar-refractivity contribution >= 4 is 5.91 Å². The minimum Gasteiger partial charge on any atom is -0.490 e. The first-order valence-electron chi connectivity index (χ1n) is 8.45. The summed E-state index contributed by atoms with van der Waals surface area (Å²) in [4.78, 5) is 14.0. The molecule has 0 bridgehead atoms. The largest absolute Gasteiger partial charge is 0.490 e. The Labute approximate surface area is 138 Å². The van der Waals surface area contributed by atoms with Gasteiger partial charge in [-0.25, -0.2) is 0 Å². The molecule has 1 aromatic rings. The van der Waals surface area contributed by atoms with E-state index in [0.717, 1.165) is 25.3 Å². The Morgan fingerprint density at radius 3 is 3.04 bits per heavy atom. The van der Waals surface area contributed by atoms with Crippen LogP contribution in [0.2, 0.25) is 0 Å². The van der Waals surface area contributed by atoms with Crippen LogP contribution in [0, 0.1) is 11.8 Å². The van der Waals surface area contributed by atoms with Gasteiger partial charge in [0.2, 0.25) is 5.91 Å². The van der Waals surface area contributed by atoms with Gasteiger partial charge in [-0.15, -0.1) is 0 Å². The van der Waals surface area contributed by atoms with Crippen LogP contribution < -0.4 is 10.1 Å². The number of carbonyl (C=O) groups is 1. The average Bonchev–Trinajstić information content (AvgIpc) is 2.96. The summed E-state index contributed by atoms with van der Waals surface area (Å²) in [5.41, 5.74) is 1.26. The molecule has 3 rings (SSSR count). The number of nitrogens with one attached hydrogen (secondary N) is 1. The topological polar surface area (TPSA) is 41.6 Å². The zero-order valence-corrected chi connectivity index (χ0v) is 13.8. The van der Waals surface area contributed by atoms with Gasteiger partial charge in [0, 0.05) is 25.6 Å². The van der Waals surface area contributed by atoms with Crippen LogP contribution in [-0.2, 0) is 11.3 Å². The van der Waals surface area contributed by atoms with Crippen molar-refractivity contribution in [2.75, 3.05) is 20.2 Å². The van der Waals surface area contributed by atoms with Gasteiger partial charge in [-0.2, -0.15) is 0 Å². The van der Waals surface area contributed by atoms with Crippen molar-refractivity contribution < 1.29 is 9.53 Å². The molecule has 1 aliphatic carbocycles. The first kappa shape index (κ1) is 16.1. The molecule has 1 aliphatic heterocycles. The lowest BCUT2D eigenvalue weighted by molar-refractivity contribution is -0.124. The Balaban J connectivity index is 1.58. The molecule has 0 aromatic heterocycles. The smallest absolute Gasteiger partial charge is 0.220 e. The molecule has 2 aliphatic rings. The van der Waals surface area contributed by atoms with Crippen LogP contribution in [0.5, 0.6) is 5.75 Å². The van der Waals surface area contributed by atoms with Gasteiger partial charge in [0.05, 0.1) is 0 Å². The van der Waals surface area contributed by atoms with Crippen LogP contribution in [0.15, 0.2) is 36.9 Å². The second-order valence-electron chi connectivity index (χ2n) is 6.82. The maximum atomic E-state index is 11.6. The van der Waals surface area contributed by atoms with Crippen LogP contribution in [0.4, 0.5) is 0 Å². The Morgan fingerprint density at radius 2 is 2.22 bits per heavy atom. The summed E-state index contributed by atoms with van der Waals surface area (Å²) >= 11 is 0. The fourth-order valence-electron chi connectivity index (χ4n) is 3.90. The number of rotatable bonds is 6. The number of hydrogen-bond donors (Lipinski definition) is 1. The lowest BCUT2D eigenvalue weighted by Crippen LogP contribution is -2.38. The summed E-state index contributed by atoms with van der Waals surface area (Å²) in [5, 5.41) is 3.01. The third-order valence-corrected chi connectivity index (χ3v) is 5.15. The quantitative estimate of drug-likeness (QED) is 0.821. The van der Waals surface area contributed by atoms with E-state index in [9.17, 15) is 4.79 Å². The van der Waals surface area contributed by atoms with Crippen LogP contribution >= 0.6 is 0 Å². The van der Waals surface area contributed by atoms with Gasteiger partial charge in [0.25, 0.3) is 0 Å². The van der Waals surface area contributed by atoms with Gasteiger partial charge in [-0.3, -0.25) is 9.69 Å². The van der Waals surface area contributed by atoms with Gasteiger partial charge in [-0.05, 0) is 49.4 Å². The predicted octanol–water partition coefficient (Wildman–Crippen LogP) is 2.60. The molecular weight excluding hydrogens is 288 g/mol. The predicted molar refractivity (Wildman–Crippen MR) is 91.2 cm³/mol. The summed E-state index contributed by atoms with van der Waals surface area (Å²) in [6, 6.07) is 8.83. The van der Waals surface area contributed by atoms with Crippen LogP contribution in [-0.4, -0.2) is 37.0 Å². The molecule has 1 aromatic carbocycles. The van der Waals surface area contributed by atoms with E-state index < -0.39 is 0 Å². The maximum Gasteiger partial charge on any atom is 0.220 e. The van der Waals surface area contributed by atoms with Crippen molar-refractivity contribution in [1.82, 2.24) is 10.2 Å². The van der Waals surface area contributed by atoms with E-state index in [4.69, 9.17) is 4.74 Å². The molecule has 4 heteroatoms. The van der Waals surface area contributed by atoms with Crippen molar-refractivity contribution in [2.24, 2.45) is 11.8 Å². The number of nitrogens with zero attached hydrogens (tertiary/aromatic N) is 1. The summed E-state index contributed by atoms with van der Waals surface area (Å²) in [5.74, 6) is 2.34. The number of benzene rings is 1. The fraction of sp³-hybridized carbons (Fsp3) is 0.526. The number of ether oxygens (including phenoxy) is 1. The minimum atomic E-state index is 0.224. The molecule has 1 amide bonds. The average molecular weight is 314 g/mol. The Kier molecular flexibility index (Phi) is 5.01. The number of fused-ring (bicyclic) bond motifs is 1. The van der Waals surface area contributed by atoms with Crippen molar-refractivity contribution in [3.05, 3.63) is 42.5 Å². The molecule has 4 nitrogen and oxygen atoms in total. The zero-order valence-electron chi connectivity index (χ0n) is 13.8. The molecule has 0 unspecified atom stereocenters. The van der Waals surface area contributed by atoms with Crippen molar-refractivity contribution in [1.29, 1.82) is 0 Å². The van der Waals surface area contributed by atoms with Gasteiger partial charge in [0.15, 0.2) is 0 Å². The summed E-state index contributed by atoms with van der Waals surface area (Å²) < 4.78 is 5.61. The molecular formula is C19H26N2O2. The fourth-order valence-corrected chi connectivity index (χ4v) is 3.90. The highest BCUT2D eigenvalue weighted by molar-refractivity contribution is 5.77. The molecule has 1 saturated heterocycles. The van der Waals surface area contributed by atoms with E-state index >= 15 is 0 Å². The number of hydrogen-bond acceptors (Lipinski definition) is 3. The van der Waals surface area contributed by atoms with Crippen molar-refractivity contribution in [3.63, 3.8) is 0 Å². The first-order valence-corrected chi connectivity index (χ1v) is 8.45. The highest BCUT2D eigenvalue weighted by Crippen LogP contribution is 2.38. The Morgan fingerprint density at radius 1 is 1.39 bits per heavy atom. The van der Waals surface area contributed by atoms with Gasteiger partial charge in [-0.1, -0.05) is 24.8 Å². The lowest BCUT2D eigenvalue weighted by atomic mass is 9.89. The first-order chi connectivity index (χ1) is 11.2. The summed E-state index contributed by atoms with van der Waals surface area (Å²) in [6.07, 6.45) is 4.80. The summed E-state index contributed by atoms with van der Waals surface area (Å²) in [6.45, 7) is 5.98. The molecule has 3 atom stereocenters. The van der Waals surface area contributed by atoms with Crippen molar-refractivity contribution in [3.8, 4) is 5.75 Å². The normalized spacial score (nSPS) is 26.7. The molecule has 0 spiro atoms. The molecule has 0 radical (unpaired) electrons. The standard InChI is InChI=1S/C19H26N2O2/c1-3-7-23-18-6-4-5-14(8-18)13-21(2)17-9-15-11-19(22)20-12-16(15)10-17/h3-6,8,15-17H,1,7,9-13H2,2H3,(H,20,22)/t15-,16+,17-/m1/s1. The minimum absolute atomic E-state index is 0.224. The van der Waals surface area contributed by atoms with E-state index in [2.05, 4.69) is 36.0 Å². The highest BCUT2D eigenvalue weighted by atomic mass is 16.5. The monoisotopic (exact) mass is 314 g/mol. The highest BCUT2D eigenvalue weighted by Gasteiger charge is 2.39. The van der Waals surface area contributed by atoms with Crippen LogP contribution in [0.25, 0.3) is 0 Å². The number of amides is 1. The molecule has 1 saturated carbocycles. The number of carbonyl (C=O) groups excluding carboxylic acids is 1. The van der Waals surface area contributed by atoms with Gasteiger partial charge < -0.3 is 10.1 Å². The SMILES string of the molecule is C=CCOc1cccc(CN(C)[C@H]2C[C@H]3CNC(=O)C[C@H]3C2)c1. The second-order valence-corrected chi connectivity index (χ2v) is 6.82. The van der Waals surface area contributed by atoms with E-state index in [1.54, 1.807) is 6.08 Å². The van der Waals surface area contributed by atoms with E-state index in [1.165, 1.54) is 12.0 Å². The third kappa shape index (κ3) is 3.94. The van der Waals surface area contributed by atoms with E-state index in [1.807, 2.05) is 12.1 Å².